The Morgan fingerprint density at radius 3 is 2.65 bits per heavy atom. The molecule has 1 saturated carbocycles. The minimum Gasteiger partial charge on any atom is -0.369 e. The number of carbonyl (C=O) groups is 1. The van der Waals surface area contributed by atoms with Gasteiger partial charge in [0.25, 0.3) is 0 Å². The summed E-state index contributed by atoms with van der Waals surface area (Å²) in [6.45, 7) is 7.39. The van der Waals surface area contributed by atoms with Crippen molar-refractivity contribution in [1.29, 1.82) is 5.26 Å². The third-order valence-corrected chi connectivity index (χ3v) is 6.42. The molecule has 1 aromatic heterocycles. The summed E-state index contributed by atoms with van der Waals surface area (Å²) in [4.78, 5) is 25.6. The molecule has 1 aromatic carbocycles. The van der Waals surface area contributed by atoms with Crippen molar-refractivity contribution >= 4 is 34.7 Å². The molecule has 9 heteroatoms. The van der Waals surface area contributed by atoms with Crippen LogP contribution in [0.4, 0.5) is 28.8 Å². The van der Waals surface area contributed by atoms with Crippen molar-refractivity contribution in [3.63, 3.8) is 0 Å². The third kappa shape index (κ3) is 5.83. The number of nitriles is 1. The SMILES string of the molecule is C=CC(=O)Nc1cc(N2CCN(C)CC2)ccc1Nc1ncc(C#N)c(NC2CCCCC2)n1. The number of benzene rings is 1. The largest absolute Gasteiger partial charge is 0.369 e. The lowest BCUT2D eigenvalue weighted by Gasteiger charge is -2.34. The average molecular weight is 461 g/mol. The number of amides is 1. The number of hydrogen-bond donors (Lipinski definition) is 3. The molecule has 0 bridgehead atoms. The second-order valence-electron chi connectivity index (χ2n) is 8.89. The summed E-state index contributed by atoms with van der Waals surface area (Å²) in [6, 6.07) is 8.40. The van der Waals surface area contributed by atoms with Gasteiger partial charge >= 0.3 is 0 Å². The van der Waals surface area contributed by atoms with Crippen LogP contribution in [0.2, 0.25) is 0 Å². The Labute approximate surface area is 200 Å². The number of carbonyl (C=O) groups excluding carboxylic acids is 1. The number of rotatable bonds is 7. The molecule has 0 spiro atoms. The number of anilines is 5. The Bertz CT molecular complexity index is 1070. The van der Waals surface area contributed by atoms with Crippen molar-refractivity contribution in [2.45, 2.75) is 38.1 Å². The summed E-state index contributed by atoms with van der Waals surface area (Å²) >= 11 is 0. The molecule has 1 aliphatic carbocycles. The molecule has 4 rings (SSSR count). The van der Waals surface area contributed by atoms with E-state index in [1.165, 1.54) is 31.5 Å². The first-order chi connectivity index (χ1) is 16.6. The molecule has 0 atom stereocenters. The summed E-state index contributed by atoms with van der Waals surface area (Å²) in [5.74, 6) is 0.607. The van der Waals surface area contributed by atoms with Crippen LogP contribution in [-0.2, 0) is 4.79 Å². The van der Waals surface area contributed by atoms with Crippen LogP contribution in [0.1, 0.15) is 37.7 Å². The molecular formula is C25H32N8O. The Hall–Kier alpha value is -3.64. The lowest BCUT2D eigenvalue weighted by atomic mass is 9.95. The van der Waals surface area contributed by atoms with Gasteiger partial charge in [0.15, 0.2) is 0 Å². The maximum Gasteiger partial charge on any atom is 0.247 e. The van der Waals surface area contributed by atoms with Gasteiger partial charge in [-0.2, -0.15) is 10.2 Å². The predicted molar refractivity (Wildman–Crippen MR) is 136 cm³/mol. The Balaban J connectivity index is 1.57. The maximum absolute atomic E-state index is 12.1. The lowest BCUT2D eigenvalue weighted by Crippen LogP contribution is -2.44. The third-order valence-electron chi connectivity index (χ3n) is 6.42. The Morgan fingerprint density at radius 1 is 1.18 bits per heavy atom. The van der Waals surface area contributed by atoms with Crippen LogP contribution in [0.3, 0.4) is 0 Å². The molecule has 1 amide bonds. The van der Waals surface area contributed by atoms with Gasteiger partial charge in [-0.05, 0) is 44.2 Å². The number of hydrogen-bond acceptors (Lipinski definition) is 8. The number of nitrogens with zero attached hydrogens (tertiary/aromatic N) is 5. The molecule has 1 saturated heterocycles. The molecule has 2 heterocycles. The fraction of sp³-hybridized carbons (Fsp3) is 0.440. The first-order valence-corrected chi connectivity index (χ1v) is 11.9. The number of nitrogens with one attached hydrogen (secondary N) is 3. The summed E-state index contributed by atoms with van der Waals surface area (Å²) in [7, 11) is 2.12. The second-order valence-corrected chi connectivity index (χ2v) is 8.89. The fourth-order valence-corrected chi connectivity index (χ4v) is 4.38. The molecular weight excluding hydrogens is 428 g/mol. The van der Waals surface area contributed by atoms with Crippen LogP contribution in [0.5, 0.6) is 0 Å². The van der Waals surface area contributed by atoms with Crippen molar-refractivity contribution in [3.05, 3.63) is 42.6 Å². The lowest BCUT2D eigenvalue weighted by molar-refractivity contribution is -0.111. The smallest absolute Gasteiger partial charge is 0.247 e. The van der Waals surface area contributed by atoms with E-state index in [2.05, 4.69) is 55.4 Å². The van der Waals surface area contributed by atoms with Crippen molar-refractivity contribution < 1.29 is 4.79 Å². The van der Waals surface area contributed by atoms with Gasteiger partial charge in [0.2, 0.25) is 11.9 Å². The fourth-order valence-electron chi connectivity index (χ4n) is 4.38. The van der Waals surface area contributed by atoms with Crippen LogP contribution >= 0.6 is 0 Å². The minimum atomic E-state index is -0.293. The molecule has 9 nitrogen and oxygen atoms in total. The second kappa shape index (κ2) is 11.0. The highest BCUT2D eigenvalue weighted by atomic mass is 16.1. The van der Waals surface area contributed by atoms with E-state index >= 15 is 0 Å². The highest BCUT2D eigenvalue weighted by molar-refractivity contribution is 6.01. The summed E-state index contributed by atoms with van der Waals surface area (Å²) < 4.78 is 0. The van der Waals surface area contributed by atoms with Crippen LogP contribution in [0.25, 0.3) is 0 Å². The number of aromatic nitrogens is 2. The summed E-state index contributed by atoms with van der Waals surface area (Å²) in [6.07, 6.45) is 8.54. The van der Waals surface area contributed by atoms with Crippen LogP contribution in [-0.4, -0.2) is 60.0 Å². The summed E-state index contributed by atoms with van der Waals surface area (Å²) in [5, 5.41) is 19.1. The molecule has 1 aliphatic heterocycles. The van der Waals surface area contributed by atoms with E-state index in [9.17, 15) is 10.1 Å². The van der Waals surface area contributed by atoms with Gasteiger partial charge < -0.3 is 25.8 Å². The number of piperazine rings is 1. The van der Waals surface area contributed by atoms with E-state index in [-0.39, 0.29) is 5.91 Å². The van der Waals surface area contributed by atoms with E-state index in [4.69, 9.17) is 0 Å². The van der Waals surface area contributed by atoms with E-state index in [1.807, 2.05) is 18.2 Å². The van der Waals surface area contributed by atoms with Crippen molar-refractivity contribution in [2.75, 3.05) is 54.1 Å². The molecule has 2 aliphatic rings. The molecule has 3 N–H and O–H groups in total. The highest BCUT2D eigenvalue weighted by Crippen LogP contribution is 2.31. The van der Waals surface area contributed by atoms with Gasteiger partial charge in [-0.1, -0.05) is 25.8 Å². The van der Waals surface area contributed by atoms with Crippen LogP contribution in [0.15, 0.2) is 37.1 Å². The molecule has 0 radical (unpaired) electrons. The first-order valence-electron chi connectivity index (χ1n) is 11.9. The minimum absolute atomic E-state index is 0.293. The van der Waals surface area contributed by atoms with E-state index in [1.54, 1.807) is 0 Å². The van der Waals surface area contributed by atoms with Crippen molar-refractivity contribution in [2.24, 2.45) is 0 Å². The van der Waals surface area contributed by atoms with Gasteiger partial charge in [-0.3, -0.25) is 4.79 Å². The predicted octanol–water partition coefficient (Wildman–Crippen LogP) is 3.71. The standard InChI is InChI=1S/C25H32N8O/c1-3-23(34)29-22-15-20(33-13-11-32(2)12-14-33)9-10-21(22)30-25-27-17-18(16-26)24(31-25)28-19-7-5-4-6-8-19/h3,9-10,15,17,19H,1,4-8,11-14H2,2H3,(H,29,34)(H2,27,28,30,31). The normalized spacial score (nSPS) is 17.0. The highest BCUT2D eigenvalue weighted by Gasteiger charge is 2.18. The zero-order chi connectivity index (χ0) is 23.9. The van der Waals surface area contributed by atoms with Gasteiger partial charge in [0.05, 0.1) is 17.6 Å². The zero-order valence-corrected chi connectivity index (χ0v) is 19.7. The van der Waals surface area contributed by atoms with Crippen LogP contribution in [0, 0.1) is 11.3 Å². The van der Waals surface area contributed by atoms with Gasteiger partial charge in [0, 0.05) is 37.9 Å². The van der Waals surface area contributed by atoms with E-state index in [0.29, 0.717) is 34.7 Å². The Morgan fingerprint density at radius 2 is 1.94 bits per heavy atom. The molecule has 178 valence electrons. The average Bonchev–Trinajstić information content (AvgIpc) is 2.86. The van der Waals surface area contributed by atoms with Crippen molar-refractivity contribution in [1.82, 2.24) is 14.9 Å². The maximum atomic E-state index is 12.1. The van der Waals surface area contributed by atoms with Gasteiger partial charge in [-0.15, -0.1) is 0 Å². The van der Waals surface area contributed by atoms with Crippen molar-refractivity contribution in [3.8, 4) is 6.07 Å². The van der Waals surface area contributed by atoms with Crippen LogP contribution < -0.4 is 20.9 Å². The topological polar surface area (TPSA) is 109 Å². The van der Waals surface area contributed by atoms with Gasteiger partial charge in [0.1, 0.15) is 17.5 Å². The van der Waals surface area contributed by atoms with Gasteiger partial charge in [-0.25, -0.2) is 4.98 Å². The monoisotopic (exact) mass is 460 g/mol. The van der Waals surface area contributed by atoms with E-state index < -0.39 is 0 Å². The first kappa shape index (κ1) is 23.5. The quantitative estimate of drug-likeness (QED) is 0.537. The molecule has 2 aromatic rings. The Kier molecular flexibility index (Phi) is 7.60. The molecule has 2 fully saturated rings. The number of likely N-dealkylation sites (N-methyl/N-ethyl adjacent to an activating group) is 1. The molecule has 0 unspecified atom stereocenters. The summed E-state index contributed by atoms with van der Waals surface area (Å²) in [5.41, 5.74) is 2.75. The molecule has 34 heavy (non-hydrogen) atoms. The van der Waals surface area contributed by atoms with E-state index in [0.717, 1.165) is 44.7 Å². The zero-order valence-electron chi connectivity index (χ0n) is 19.7.